The predicted octanol–water partition coefficient (Wildman–Crippen LogP) is 5.00. The molecule has 2 aliphatic carbocycles. The number of hydrogen-bond donors (Lipinski definition) is 2. The van der Waals surface area contributed by atoms with Crippen molar-refractivity contribution >= 4 is 11.7 Å². The van der Waals surface area contributed by atoms with Crippen LogP contribution in [-0.4, -0.2) is 28.9 Å². The fraction of sp³-hybridized carbons (Fsp3) is 0.630. The maximum atomic E-state index is 12.4. The van der Waals surface area contributed by atoms with Crippen LogP contribution in [0.2, 0.25) is 0 Å². The Morgan fingerprint density at radius 3 is 2.61 bits per heavy atom. The molecule has 1 aromatic carbocycles. The van der Waals surface area contributed by atoms with Crippen molar-refractivity contribution in [2.24, 2.45) is 17.8 Å². The summed E-state index contributed by atoms with van der Waals surface area (Å²) in [6.07, 6.45) is 13.8. The fourth-order valence-electron chi connectivity index (χ4n) is 4.79. The molecule has 1 amide bonds. The van der Waals surface area contributed by atoms with Crippen molar-refractivity contribution in [3.8, 4) is 0 Å². The number of carbonyl (C=O) groups excluding carboxylic acids is 2. The Labute approximate surface area is 187 Å². The molecule has 170 valence electrons. The third kappa shape index (κ3) is 8.25. The Morgan fingerprint density at radius 1 is 1.13 bits per heavy atom. The molecule has 0 aliphatic heterocycles. The van der Waals surface area contributed by atoms with E-state index < -0.39 is 0 Å². The summed E-state index contributed by atoms with van der Waals surface area (Å²) in [4.78, 5) is 24.1. The molecule has 0 spiro atoms. The molecule has 4 nitrogen and oxygen atoms in total. The number of nitrogens with one attached hydrogen (secondary N) is 1. The molecule has 1 fully saturated rings. The summed E-state index contributed by atoms with van der Waals surface area (Å²) >= 11 is 0. The van der Waals surface area contributed by atoms with Gasteiger partial charge < -0.3 is 10.4 Å². The number of aliphatic hydroxyl groups is 1. The molecule has 4 heteroatoms. The Morgan fingerprint density at radius 2 is 1.87 bits per heavy atom. The highest BCUT2D eigenvalue weighted by Gasteiger charge is 2.33. The van der Waals surface area contributed by atoms with Crippen LogP contribution in [0.4, 0.5) is 0 Å². The lowest BCUT2D eigenvalue weighted by molar-refractivity contribution is -0.121. The molecular weight excluding hydrogens is 386 g/mol. The van der Waals surface area contributed by atoms with Crippen molar-refractivity contribution in [1.29, 1.82) is 0 Å². The smallest absolute Gasteiger partial charge is 0.220 e. The van der Waals surface area contributed by atoms with Crippen molar-refractivity contribution in [3.63, 3.8) is 0 Å². The zero-order chi connectivity index (χ0) is 22.1. The number of aliphatic hydroxyl groups excluding tert-OH is 1. The lowest BCUT2D eigenvalue weighted by Crippen LogP contribution is -2.25. The van der Waals surface area contributed by atoms with Gasteiger partial charge in [-0.05, 0) is 68.4 Å². The molecule has 0 bridgehead atoms. The minimum Gasteiger partial charge on any atom is -0.393 e. The van der Waals surface area contributed by atoms with Gasteiger partial charge in [-0.3, -0.25) is 9.59 Å². The van der Waals surface area contributed by atoms with Crippen LogP contribution in [0.25, 0.3) is 0 Å². The number of aryl methyl sites for hydroxylation is 1. The summed E-state index contributed by atoms with van der Waals surface area (Å²) in [5.41, 5.74) is 1.26. The van der Waals surface area contributed by atoms with E-state index in [1.54, 1.807) is 6.08 Å². The molecule has 2 N–H and O–H groups in total. The second kappa shape index (κ2) is 12.2. The van der Waals surface area contributed by atoms with Gasteiger partial charge in [0.25, 0.3) is 0 Å². The van der Waals surface area contributed by atoms with Crippen molar-refractivity contribution in [1.82, 2.24) is 5.32 Å². The summed E-state index contributed by atoms with van der Waals surface area (Å²) < 4.78 is 0. The van der Waals surface area contributed by atoms with Crippen molar-refractivity contribution in [2.45, 2.75) is 89.7 Å². The number of hydrogen-bond acceptors (Lipinski definition) is 3. The van der Waals surface area contributed by atoms with E-state index in [9.17, 15) is 14.7 Å². The van der Waals surface area contributed by atoms with Gasteiger partial charge in [0.15, 0.2) is 5.78 Å². The van der Waals surface area contributed by atoms with Crippen LogP contribution in [0.1, 0.15) is 76.7 Å². The molecule has 4 atom stereocenters. The van der Waals surface area contributed by atoms with Crippen LogP contribution < -0.4 is 5.32 Å². The van der Waals surface area contributed by atoms with Crippen LogP contribution in [0.3, 0.4) is 0 Å². The first-order valence-electron chi connectivity index (χ1n) is 12.3. The van der Waals surface area contributed by atoms with E-state index in [1.807, 2.05) is 18.2 Å². The van der Waals surface area contributed by atoms with Gasteiger partial charge in [-0.25, -0.2) is 0 Å². The highest BCUT2D eigenvalue weighted by molar-refractivity contribution is 5.94. The van der Waals surface area contributed by atoms with Crippen molar-refractivity contribution in [3.05, 3.63) is 48.0 Å². The van der Waals surface area contributed by atoms with E-state index in [1.165, 1.54) is 5.56 Å². The third-order valence-corrected chi connectivity index (χ3v) is 6.83. The van der Waals surface area contributed by atoms with Crippen LogP contribution >= 0.6 is 0 Å². The van der Waals surface area contributed by atoms with Crippen LogP contribution in [-0.2, 0) is 16.0 Å². The molecule has 0 aromatic heterocycles. The molecule has 3 rings (SSSR count). The van der Waals surface area contributed by atoms with Crippen molar-refractivity contribution in [2.75, 3.05) is 0 Å². The van der Waals surface area contributed by atoms with Crippen LogP contribution in [0, 0.1) is 17.8 Å². The second-order valence-corrected chi connectivity index (χ2v) is 9.63. The summed E-state index contributed by atoms with van der Waals surface area (Å²) in [5, 5.41) is 13.6. The molecule has 2 aliphatic rings. The average Bonchev–Trinajstić information content (AvgIpc) is 3.49. The first-order chi connectivity index (χ1) is 15.0. The molecule has 0 saturated heterocycles. The number of rotatable bonds is 14. The first-order valence-corrected chi connectivity index (χ1v) is 12.3. The molecule has 0 radical (unpaired) electrons. The number of carbonyl (C=O) groups is 2. The lowest BCUT2D eigenvalue weighted by Gasteiger charge is -2.26. The highest BCUT2D eigenvalue weighted by atomic mass is 16.3. The van der Waals surface area contributed by atoms with Crippen LogP contribution in [0.5, 0.6) is 0 Å². The lowest BCUT2D eigenvalue weighted by atomic mass is 9.79. The van der Waals surface area contributed by atoms with Crippen molar-refractivity contribution < 1.29 is 14.7 Å². The minimum absolute atomic E-state index is 0.0643. The van der Waals surface area contributed by atoms with E-state index >= 15 is 0 Å². The molecule has 0 heterocycles. The number of allylic oxidation sites excluding steroid dienone is 2. The molecular formula is C27H39NO3. The number of unbranched alkanes of at least 4 members (excludes halogenated alkanes) is 3. The second-order valence-electron chi connectivity index (χ2n) is 9.63. The van der Waals surface area contributed by atoms with E-state index in [0.717, 1.165) is 64.2 Å². The molecule has 31 heavy (non-hydrogen) atoms. The third-order valence-electron chi connectivity index (χ3n) is 6.83. The van der Waals surface area contributed by atoms with Gasteiger partial charge in [0.1, 0.15) is 0 Å². The first kappa shape index (κ1) is 23.7. The van der Waals surface area contributed by atoms with E-state index in [2.05, 4.69) is 30.4 Å². The summed E-state index contributed by atoms with van der Waals surface area (Å²) in [5.74, 6) is 1.04. The Balaban J connectivity index is 1.32. The molecule has 4 unspecified atom stereocenters. The summed E-state index contributed by atoms with van der Waals surface area (Å²) in [6.45, 7) is 2.17. The van der Waals surface area contributed by atoms with Gasteiger partial charge >= 0.3 is 0 Å². The Hall–Kier alpha value is -1.94. The largest absolute Gasteiger partial charge is 0.393 e. The average molecular weight is 426 g/mol. The normalized spacial score (nSPS) is 22.5. The van der Waals surface area contributed by atoms with Gasteiger partial charge in [0, 0.05) is 18.4 Å². The van der Waals surface area contributed by atoms with Gasteiger partial charge in [0.2, 0.25) is 5.91 Å². The zero-order valence-corrected chi connectivity index (χ0v) is 19.0. The number of ketones is 1. The number of amides is 1. The topological polar surface area (TPSA) is 66.4 Å². The Kier molecular flexibility index (Phi) is 9.32. The molecule has 1 aromatic rings. The van der Waals surface area contributed by atoms with Gasteiger partial charge in [0.05, 0.1) is 6.10 Å². The maximum Gasteiger partial charge on any atom is 0.220 e. The zero-order valence-electron chi connectivity index (χ0n) is 19.0. The van der Waals surface area contributed by atoms with Crippen LogP contribution in [0.15, 0.2) is 42.5 Å². The minimum atomic E-state index is -0.332. The summed E-state index contributed by atoms with van der Waals surface area (Å²) in [6, 6.07) is 10.7. The van der Waals surface area contributed by atoms with Gasteiger partial charge in [-0.15, -0.1) is 0 Å². The van der Waals surface area contributed by atoms with E-state index in [0.29, 0.717) is 18.4 Å². The van der Waals surface area contributed by atoms with E-state index in [4.69, 9.17) is 0 Å². The standard InChI is InChI=1S/C27H39NO3/c1-20(19-23(29)16-13-21-9-5-4-6-10-21)24-17-18-26(30)25(24)11-7-2-3-8-12-27(31)28-22-14-15-22/h4-6,9-10,17-18,20,22-25,29H,2-3,7-8,11-16,19H2,1H3,(H,28,31). The predicted molar refractivity (Wildman–Crippen MR) is 125 cm³/mol. The fourth-order valence-corrected chi connectivity index (χ4v) is 4.79. The quantitative estimate of drug-likeness (QED) is 0.412. The Bertz CT molecular complexity index is 725. The van der Waals surface area contributed by atoms with E-state index in [-0.39, 0.29) is 29.6 Å². The number of benzene rings is 1. The SMILES string of the molecule is CC(CC(O)CCc1ccccc1)C1C=CC(=O)C1CCCCCCC(=O)NC1CC1. The summed E-state index contributed by atoms with van der Waals surface area (Å²) in [7, 11) is 0. The molecule has 1 saturated carbocycles. The van der Waals surface area contributed by atoms with Gasteiger partial charge in [-0.2, -0.15) is 0 Å². The maximum absolute atomic E-state index is 12.4. The highest BCUT2D eigenvalue weighted by Crippen LogP contribution is 2.35. The van der Waals surface area contributed by atoms with Gasteiger partial charge in [-0.1, -0.05) is 62.6 Å². The monoisotopic (exact) mass is 425 g/mol.